The monoisotopic (exact) mass is 310 g/mol. The Hall–Kier alpha value is -2.43. The average molecular weight is 310 g/mol. The van der Waals surface area contributed by atoms with Gasteiger partial charge in [-0.1, -0.05) is 13.0 Å². The summed E-state index contributed by atoms with van der Waals surface area (Å²) in [5, 5.41) is 12.1. The highest BCUT2D eigenvalue weighted by atomic mass is 16.6. The second kappa shape index (κ2) is 4.54. The molecule has 0 saturated heterocycles. The molecule has 0 bridgehead atoms. The summed E-state index contributed by atoms with van der Waals surface area (Å²) in [7, 11) is 0. The number of ketones is 1. The molecular formula is C18H18N2O3. The lowest BCUT2D eigenvalue weighted by molar-refractivity contribution is -0.383. The van der Waals surface area contributed by atoms with Crippen LogP contribution in [0.3, 0.4) is 0 Å². The number of carbonyl (C=O) groups is 1. The number of allylic oxidation sites excluding steroid dienone is 2. The van der Waals surface area contributed by atoms with Crippen molar-refractivity contribution >= 4 is 27.9 Å². The Morgan fingerprint density at radius 1 is 1.39 bits per heavy atom. The van der Waals surface area contributed by atoms with Crippen LogP contribution < -0.4 is 0 Å². The maximum Gasteiger partial charge on any atom is 0.294 e. The van der Waals surface area contributed by atoms with Gasteiger partial charge in [0, 0.05) is 11.8 Å². The molecule has 0 amide bonds. The summed E-state index contributed by atoms with van der Waals surface area (Å²) in [5.41, 5.74) is 4.92. The van der Waals surface area contributed by atoms with Gasteiger partial charge in [0.1, 0.15) is 0 Å². The third-order valence-corrected chi connectivity index (χ3v) is 5.75. The van der Waals surface area contributed by atoms with Gasteiger partial charge in [-0.3, -0.25) is 14.9 Å². The van der Waals surface area contributed by atoms with Gasteiger partial charge >= 0.3 is 0 Å². The maximum absolute atomic E-state index is 12.2. The Kier molecular flexibility index (Phi) is 2.80. The van der Waals surface area contributed by atoms with Crippen LogP contribution in [-0.4, -0.2) is 15.7 Å². The van der Waals surface area contributed by atoms with Gasteiger partial charge in [0.05, 0.1) is 22.0 Å². The number of H-pyrrole nitrogens is 1. The second-order valence-electron chi connectivity index (χ2n) is 6.68. The number of hydrogen-bond acceptors (Lipinski definition) is 3. The van der Waals surface area contributed by atoms with Crippen LogP contribution in [0.2, 0.25) is 0 Å². The van der Waals surface area contributed by atoms with E-state index in [1.807, 2.05) is 19.1 Å². The van der Waals surface area contributed by atoms with E-state index in [1.54, 1.807) is 0 Å². The molecule has 1 aromatic heterocycles. The van der Waals surface area contributed by atoms with Crippen LogP contribution in [0.15, 0.2) is 23.9 Å². The predicted octanol–water partition coefficient (Wildman–Crippen LogP) is 4.17. The van der Waals surface area contributed by atoms with Crippen LogP contribution in [0.4, 0.5) is 5.69 Å². The Bertz CT molecular complexity index is 906. The number of fused-ring (bicyclic) bond motifs is 5. The Labute approximate surface area is 133 Å². The second-order valence-corrected chi connectivity index (χ2v) is 6.68. The lowest BCUT2D eigenvalue weighted by Crippen LogP contribution is -2.27. The lowest BCUT2D eigenvalue weighted by atomic mass is 9.68. The van der Waals surface area contributed by atoms with Crippen molar-refractivity contribution < 1.29 is 9.72 Å². The molecule has 0 radical (unpaired) electrons. The zero-order valence-corrected chi connectivity index (χ0v) is 13.2. The van der Waals surface area contributed by atoms with Crippen LogP contribution >= 0.6 is 0 Å². The highest BCUT2D eigenvalue weighted by Gasteiger charge is 2.46. The molecule has 2 aromatic rings. The third-order valence-electron chi connectivity index (χ3n) is 5.75. The Morgan fingerprint density at radius 2 is 2.17 bits per heavy atom. The SMILES string of the molecule is CCC12CCC(=O)C(C)=C1c1ccc3[nH]cc([N+](=O)[O-])c3c1C2. The van der Waals surface area contributed by atoms with Gasteiger partial charge < -0.3 is 4.98 Å². The van der Waals surface area contributed by atoms with Gasteiger partial charge in [-0.25, -0.2) is 0 Å². The molecule has 5 heteroatoms. The molecule has 1 heterocycles. The van der Waals surface area contributed by atoms with Crippen LogP contribution in [0.1, 0.15) is 44.2 Å². The van der Waals surface area contributed by atoms with Gasteiger partial charge in [-0.15, -0.1) is 0 Å². The summed E-state index contributed by atoms with van der Waals surface area (Å²) in [6, 6.07) is 3.92. The average Bonchev–Trinajstić information content (AvgIpc) is 3.10. The Balaban J connectivity index is 2.08. The molecule has 5 nitrogen and oxygen atoms in total. The molecule has 0 fully saturated rings. The molecule has 2 aliphatic carbocycles. The van der Waals surface area contributed by atoms with E-state index in [9.17, 15) is 14.9 Å². The molecule has 0 spiro atoms. The van der Waals surface area contributed by atoms with Crippen molar-refractivity contribution in [2.75, 3.05) is 0 Å². The molecule has 118 valence electrons. The zero-order valence-electron chi connectivity index (χ0n) is 13.2. The van der Waals surface area contributed by atoms with Crippen molar-refractivity contribution in [1.29, 1.82) is 0 Å². The van der Waals surface area contributed by atoms with Crippen molar-refractivity contribution in [3.63, 3.8) is 0 Å². The summed E-state index contributed by atoms with van der Waals surface area (Å²) in [6.45, 7) is 4.06. The van der Waals surface area contributed by atoms with Gasteiger partial charge in [0.15, 0.2) is 5.78 Å². The molecule has 1 atom stereocenters. The van der Waals surface area contributed by atoms with E-state index in [1.165, 1.54) is 6.20 Å². The quantitative estimate of drug-likeness (QED) is 0.668. The highest BCUT2D eigenvalue weighted by molar-refractivity contribution is 6.08. The summed E-state index contributed by atoms with van der Waals surface area (Å²) < 4.78 is 0. The van der Waals surface area contributed by atoms with Crippen LogP contribution in [0.25, 0.3) is 16.5 Å². The minimum atomic E-state index is -0.327. The van der Waals surface area contributed by atoms with E-state index >= 15 is 0 Å². The van der Waals surface area contributed by atoms with Crippen molar-refractivity contribution in [2.45, 2.75) is 39.5 Å². The normalized spacial score (nSPS) is 23.3. The number of rotatable bonds is 2. The van der Waals surface area contributed by atoms with Crippen LogP contribution in [-0.2, 0) is 11.2 Å². The first-order chi connectivity index (χ1) is 11.0. The lowest BCUT2D eigenvalue weighted by Gasteiger charge is -2.34. The molecule has 4 rings (SSSR count). The van der Waals surface area contributed by atoms with E-state index in [2.05, 4.69) is 11.9 Å². The molecule has 23 heavy (non-hydrogen) atoms. The number of nitrogens with zero attached hydrogens (tertiary/aromatic N) is 1. The predicted molar refractivity (Wildman–Crippen MR) is 88.2 cm³/mol. The number of carbonyl (C=O) groups excluding carboxylic acids is 1. The molecule has 1 N–H and O–H groups in total. The van der Waals surface area contributed by atoms with E-state index in [-0.39, 0.29) is 21.8 Å². The fraction of sp³-hybridized carbons (Fsp3) is 0.389. The largest absolute Gasteiger partial charge is 0.355 e. The zero-order chi connectivity index (χ0) is 16.4. The topological polar surface area (TPSA) is 76.0 Å². The number of nitrogens with one attached hydrogen (secondary N) is 1. The molecular weight excluding hydrogens is 292 g/mol. The minimum absolute atomic E-state index is 0.0419. The van der Waals surface area contributed by atoms with E-state index in [0.717, 1.165) is 47.1 Å². The fourth-order valence-electron chi connectivity index (χ4n) is 4.52. The number of benzene rings is 1. The maximum atomic E-state index is 12.2. The molecule has 2 aliphatic rings. The number of aromatic nitrogens is 1. The van der Waals surface area contributed by atoms with Gasteiger partial charge in [0.25, 0.3) is 5.69 Å². The van der Waals surface area contributed by atoms with E-state index in [4.69, 9.17) is 0 Å². The van der Waals surface area contributed by atoms with Crippen molar-refractivity contribution in [3.05, 3.63) is 45.1 Å². The number of hydrogen-bond donors (Lipinski definition) is 1. The first-order valence-electron chi connectivity index (χ1n) is 8.01. The highest BCUT2D eigenvalue weighted by Crippen LogP contribution is 2.57. The minimum Gasteiger partial charge on any atom is -0.355 e. The van der Waals surface area contributed by atoms with E-state index < -0.39 is 0 Å². The van der Waals surface area contributed by atoms with Crippen molar-refractivity contribution in [1.82, 2.24) is 4.98 Å². The Morgan fingerprint density at radius 3 is 2.87 bits per heavy atom. The first-order valence-corrected chi connectivity index (χ1v) is 8.01. The molecule has 0 saturated carbocycles. The number of nitro groups is 1. The summed E-state index contributed by atoms with van der Waals surface area (Å²) in [4.78, 5) is 26.3. The third kappa shape index (κ3) is 1.70. The first kappa shape index (κ1) is 14.2. The van der Waals surface area contributed by atoms with Crippen LogP contribution in [0.5, 0.6) is 0 Å². The van der Waals surface area contributed by atoms with Crippen molar-refractivity contribution in [3.8, 4) is 0 Å². The van der Waals surface area contributed by atoms with Gasteiger partial charge in [0.2, 0.25) is 0 Å². The van der Waals surface area contributed by atoms with E-state index in [0.29, 0.717) is 11.8 Å². The molecule has 0 aliphatic heterocycles. The number of Topliss-reactive ketones (excluding diaryl/α,β-unsaturated/α-hetero) is 1. The van der Waals surface area contributed by atoms with Gasteiger partial charge in [-0.2, -0.15) is 0 Å². The summed E-state index contributed by atoms with van der Waals surface area (Å²) in [5.74, 6) is 0.209. The van der Waals surface area contributed by atoms with Crippen LogP contribution in [0, 0.1) is 15.5 Å². The standard InChI is InChI=1S/C18H18N2O3/c1-3-18-7-6-15(21)10(2)17(18)11-4-5-13-16(12(11)8-18)14(9-19-13)20(22)23/h4-5,9,19H,3,6-8H2,1-2H3. The molecule has 1 unspecified atom stereocenters. The summed E-state index contributed by atoms with van der Waals surface area (Å²) >= 11 is 0. The van der Waals surface area contributed by atoms with Gasteiger partial charge in [-0.05, 0) is 54.5 Å². The smallest absolute Gasteiger partial charge is 0.294 e. The fourth-order valence-corrected chi connectivity index (χ4v) is 4.52. The molecule has 1 aromatic carbocycles. The summed E-state index contributed by atoms with van der Waals surface area (Å²) in [6.07, 6.45) is 4.62. The van der Waals surface area contributed by atoms with Crippen molar-refractivity contribution in [2.24, 2.45) is 5.41 Å². The number of aromatic amines is 1.